The fourth-order valence-electron chi connectivity index (χ4n) is 4.75. The van der Waals surface area contributed by atoms with Gasteiger partial charge in [0.2, 0.25) is 21.8 Å². The number of rotatable bonds is 14. The summed E-state index contributed by atoms with van der Waals surface area (Å²) in [5.41, 5.74) is 4.31. The number of amides is 2. The zero-order valence-corrected chi connectivity index (χ0v) is 25.7. The van der Waals surface area contributed by atoms with Gasteiger partial charge in [-0.15, -0.1) is 0 Å². The fraction of sp³-hybridized carbons (Fsp3) is 0.394. The van der Waals surface area contributed by atoms with Crippen molar-refractivity contribution in [1.29, 1.82) is 0 Å². The molecule has 2 amide bonds. The van der Waals surface area contributed by atoms with E-state index in [-0.39, 0.29) is 37.4 Å². The quantitative estimate of drug-likeness (QED) is 0.278. The van der Waals surface area contributed by atoms with Gasteiger partial charge in [-0.05, 0) is 61.9 Å². The van der Waals surface area contributed by atoms with Gasteiger partial charge in [-0.3, -0.25) is 13.9 Å². The first-order valence-electron chi connectivity index (χ1n) is 14.2. The molecule has 1 N–H and O–H groups in total. The standard InChI is InChI=1S/C33H43N3O4S/c1-6-27(4)34-33(38)31(23-28-14-9-7-10-15-28)35(24-29-16-11-8-12-17-29)32(37)18-13-21-36(41(5,39)40)30-22-25(2)19-20-26(30)3/h7-12,14-17,19-20,22,27,31H,6,13,18,21,23-24H2,1-5H3,(H,34,38)/t27-,31+/m0/s1. The van der Waals surface area contributed by atoms with E-state index < -0.39 is 16.1 Å². The lowest BCUT2D eigenvalue weighted by molar-refractivity contribution is -0.141. The summed E-state index contributed by atoms with van der Waals surface area (Å²) in [7, 11) is -3.57. The van der Waals surface area contributed by atoms with Crippen LogP contribution in [-0.4, -0.2) is 50.0 Å². The van der Waals surface area contributed by atoms with Crippen LogP contribution in [0.15, 0.2) is 78.9 Å². The summed E-state index contributed by atoms with van der Waals surface area (Å²) in [5, 5.41) is 3.08. The van der Waals surface area contributed by atoms with Crippen molar-refractivity contribution >= 4 is 27.5 Å². The van der Waals surface area contributed by atoms with Crippen molar-refractivity contribution in [3.05, 3.63) is 101 Å². The van der Waals surface area contributed by atoms with Crippen LogP contribution in [0.2, 0.25) is 0 Å². The summed E-state index contributed by atoms with van der Waals surface area (Å²) in [6.07, 6.45) is 2.75. The average Bonchev–Trinajstić information content (AvgIpc) is 2.94. The van der Waals surface area contributed by atoms with E-state index in [1.165, 1.54) is 10.6 Å². The van der Waals surface area contributed by atoms with Crippen molar-refractivity contribution in [2.75, 3.05) is 17.1 Å². The van der Waals surface area contributed by atoms with Crippen molar-refractivity contribution in [3.8, 4) is 0 Å². The van der Waals surface area contributed by atoms with Crippen LogP contribution in [0.25, 0.3) is 0 Å². The number of hydrogen-bond donors (Lipinski definition) is 1. The van der Waals surface area contributed by atoms with Gasteiger partial charge in [0.25, 0.3) is 0 Å². The number of aryl methyl sites for hydroxylation is 2. The number of carbonyl (C=O) groups is 2. The molecule has 3 rings (SSSR count). The molecular weight excluding hydrogens is 534 g/mol. The molecule has 0 aliphatic carbocycles. The van der Waals surface area contributed by atoms with Crippen LogP contribution in [0.4, 0.5) is 5.69 Å². The summed E-state index contributed by atoms with van der Waals surface area (Å²) in [4.78, 5) is 29.2. The molecular formula is C33H43N3O4S. The van der Waals surface area contributed by atoms with Gasteiger partial charge in [0, 0.05) is 32.0 Å². The number of nitrogens with one attached hydrogen (secondary N) is 1. The van der Waals surface area contributed by atoms with Gasteiger partial charge in [0.15, 0.2) is 0 Å². The van der Waals surface area contributed by atoms with Gasteiger partial charge in [-0.1, -0.05) is 79.7 Å². The normalized spacial score (nSPS) is 12.8. The predicted octanol–water partition coefficient (Wildman–Crippen LogP) is 5.40. The minimum Gasteiger partial charge on any atom is -0.352 e. The first-order chi connectivity index (χ1) is 19.5. The Balaban J connectivity index is 1.89. The number of hydrogen-bond acceptors (Lipinski definition) is 4. The van der Waals surface area contributed by atoms with E-state index in [1.54, 1.807) is 4.90 Å². The largest absolute Gasteiger partial charge is 0.352 e. The van der Waals surface area contributed by atoms with E-state index in [2.05, 4.69) is 5.32 Å². The Hall–Kier alpha value is -3.65. The van der Waals surface area contributed by atoms with E-state index >= 15 is 0 Å². The Kier molecular flexibility index (Phi) is 11.5. The van der Waals surface area contributed by atoms with Crippen LogP contribution in [0.5, 0.6) is 0 Å². The molecule has 0 unspecified atom stereocenters. The third-order valence-corrected chi connectivity index (χ3v) is 8.43. The van der Waals surface area contributed by atoms with Gasteiger partial charge in [-0.2, -0.15) is 0 Å². The van der Waals surface area contributed by atoms with Crippen molar-refractivity contribution in [2.24, 2.45) is 0 Å². The second kappa shape index (κ2) is 14.8. The Morgan fingerprint density at radius 3 is 2.10 bits per heavy atom. The van der Waals surface area contributed by atoms with Crippen LogP contribution in [0.1, 0.15) is 55.4 Å². The number of benzene rings is 3. The molecule has 3 aromatic carbocycles. The van der Waals surface area contributed by atoms with Gasteiger partial charge in [0.1, 0.15) is 6.04 Å². The molecule has 0 aromatic heterocycles. The van der Waals surface area contributed by atoms with Crippen molar-refractivity contribution in [1.82, 2.24) is 10.2 Å². The number of nitrogens with zero attached hydrogens (tertiary/aromatic N) is 2. The summed E-state index contributed by atoms with van der Waals surface area (Å²) < 4.78 is 26.9. The average molecular weight is 578 g/mol. The van der Waals surface area contributed by atoms with Gasteiger partial charge >= 0.3 is 0 Å². The van der Waals surface area contributed by atoms with E-state index in [0.717, 1.165) is 28.7 Å². The molecule has 3 aromatic rings. The molecule has 7 nitrogen and oxygen atoms in total. The highest BCUT2D eigenvalue weighted by Gasteiger charge is 2.31. The highest BCUT2D eigenvalue weighted by atomic mass is 32.2. The number of sulfonamides is 1. The van der Waals surface area contributed by atoms with Crippen molar-refractivity contribution < 1.29 is 18.0 Å². The highest BCUT2D eigenvalue weighted by molar-refractivity contribution is 7.92. The Labute approximate surface area is 245 Å². The monoisotopic (exact) mass is 577 g/mol. The Morgan fingerprint density at radius 1 is 0.902 bits per heavy atom. The van der Waals surface area contributed by atoms with Crippen LogP contribution >= 0.6 is 0 Å². The predicted molar refractivity (Wildman–Crippen MR) is 166 cm³/mol. The lowest BCUT2D eigenvalue weighted by Crippen LogP contribution is -2.52. The zero-order chi connectivity index (χ0) is 30.0. The molecule has 220 valence electrons. The third kappa shape index (κ3) is 9.46. The fourth-order valence-corrected chi connectivity index (χ4v) is 5.76. The first-order valence-corrected chi connectivity index (χ1v) is 16.1. The second-order valence-electron chi connectivity index (χ2n) is 10.8. The number of carbonyl (C=O) groups excluding carboxylic acids is 2. The second-order valence-corrected chi connectivity index (χ2v) is 12.7. The van der Waals surface area contributed by atoms with Gasteiger partial charge in [0.05, 0.1) is 11.9 Å². The summed E-state index contributed by atoms with van der Waals surface area (Å²) in [6, 6.07) is 24.3. The van der Waals surface area contributed by atoms with Crippen molar-refractivity contribution in [2.45, 2.75) is 72.0 Å². The van der Waals surface area contributed by atoms with Gasteiger partial charge in [-0.25, -0.2) is 8.42 Å². The van der Waals surface area contributed by atoms with E-state index in [4.69, 9.17) is 0 Å². The zero-order valence-electron chi connectivity index (χ0n) is 24.8. The molecule has 41 heavy (non-hydrogen) atoms. The molecule has 0 spiro atoms. The highest BCUT2D eigenvalue weighted by Crippen LogP contribution is 2.25. The molecule has 0 saturated heterocycles. The van der Waals surface area contributed by atoms with Crippen molar-refractivity contribution in [3.63, 3.8) is 0 Å². The molecule has 8 heteroatoms. The lowest BCUT2D eigenvalue weighted by atomic mass is 10.0. The molecule has 0 fully saturated rings. The third-order valence-electron chi connectivity index (χ3n) is 7.25. The van der Waals surface area contributed by atoms with E-state index in [0.29, 0.717) is 18.5 Å². The molecule has 0 saturated carbocycles. The maximum atomic E-state index is 13.9. The Bertz CT molecular complexity index is 1390. The molecule has 0 radical (unpaired) electrons. The lowest BCUT2D eigenvalue weighted by Gasteiger charge is -2.33. The summed E-state index contributed by atoms with van der Waals surface area (Å²) >= 11 is 0. The molecule has 0 heterocycles. The maximum absolute atomic E-state index is 13.9. The van der Waals surface area contributed by atoms with Crippen LogP contribution in [0.3, 0.4) is 0 Å². The van der Waals surface area contributed by atoms with E-state index in [9.17, 15) is 18.0 Å². The van der Waals surface area contributed by atoms with E-state index in [1.807, 2.05) is 107 Å². The minimum absolute atomic E-state index is 0.0321. The topological polar surface area (TPSA) is 86.8 Å². The van der Waals surface area contributed by atoms with Gasteiger partial charge < -0.3 is 10.2 Å². The smallest absolute Gasteiger partial charge is 0.243 e. The minimum atomic E-state index is -3.57. The molecule has 0 aliphatic heterocycles. The Morgan fingerprint density at radius 2 is 1.51 bits per heavy atom. The summed E-state index contributed by atoms with van der Waals surface area (Å²) in [6.45, 7) is 8.20. The maximum Gasteiger partial charge on any atom is 0.243 e. The molecule has 0 bridgehead atoms. The molecule has 2 atom stereocenters. The first kappa shape index (κ1) is 31.9. The van der Waals surface area contributed by atoms with Crippen LogP contribution in [-0.2, 0) is 32.6 Å². The van der Waals surface area contributed by atoms with Crippen LogP contribution < -0.4 is 9.62 Å². The SMILES string of the molecule is CC[C@H](C)NC(=O)[C@@H](Cc1ccccc1)N(Cc1ccccc1)C(=O)CCCN(c1cc(C)ccc1C)S(C)(=O)=O. The number of anilines is 1. The summed E-state index contributed by atoms with van der Waals surface area (Å²) in [5.74, 6) is -0.385. The molecule has 0 aliphatic rings. The van der Waals surface area contributed by atoms with Crippen LogP contribution in [0, 0.1) is 13.8 Å².